The van der Waals surface area contributed by atoms with Crippen molar-refractivity contribution in [2.75, 3.05) is 7.11 Å². The van der Waals surface area contributed by atoms with Crippen molar-refractivity contribution in [3.8, 4) is 17.6 Å². The highest BCUT2D eigenvalue weighted by Gasteiger charge is 2.17. The molecule has 0 atom stereocenters. The number of carbonyl (C=O) groups excluding carboxylic acids is 1. The number of nitrogens with zero attached hydrogens (tertiary/aromatic N) is 1. The number of hydrogen-bond donors (Lipinski definition) is 0. The fourth-order valence-corrected chi connectivity index (χ4v) is 2.52. The van der Waals surface area contributed by atoms with Crippen molar-refractivity contribution in [3.05, 3.63) is 56.7 Å². The van der Waals surface area contributed by atoms with Gasteiger partial charge in [0.2, 0.25) is 0 Å². The normalized spacial score (nSPS) is 9.81. The third-order valence-electron chi connectivity index (χ3n) is 2.81. The zero-order chi connectivity index (χ0) is 15.4. The van der Waals surface area contributed by atoms with E-state index in [0.29, 0.717) is 26.2 Å². The largest absolute Gasteiger partial charge is 0.493 e. The molecule has 0 heterocycles. The van der Waals surface area contributed by atoms with Gasteiger partial charge >= 0.3 is 5.97 Å². The molecule has 0 aliphatic carbocycles. The smallest absolute Gasteiger partial charge is 0.343 e. The standard InChI is InChI=1S/C16H12INO3/c1-10-4-3-5-12(6-10)16(19)21-15-13(17)7-11(9-18)8-14(15)20-2/h3-8H,1-2H3. The van der Waals surface area contributed by atoms with Gasteiger partial charge in [0.05, 0.1) is 27.9 Å². The summed E-state index contributed by atoms with van der Waals surface area (Å²) in [6, 6.07) is 12.4. The van der Waals surface area contributed by atoms with E-state index in [1.165, 1.54) is 7.11 Å². The molecule has 5 heteroatoms. The van der Waals surface area contributed by atoms with Crippen LogP contribution in [0.1, 0.15) is 21.5 Å². The van der Waals surface area contributed by atoms with Crippen LogP contribution in [0.3, 0.4) is 0 Å². The molecule has 0 aliphatic rings. The van der Waals surface area contributed by atoms with Gasteiger partial charge in [0.25, 0.3) is 0 Å². The van der Waals surface area contributed by atoms with Gasteiger partial charge in [0, 0.05) is 6.07 Å². The molecule has 0 fully saturated rings. The van der Waals surface area contributed by atoms with Crippen molar-refractivity contribution in [1.29, 1.82) is 5.26 Å². The molecule has 0 amide bonds. The quantitative estimate of drug-likeness (QED) is 0.453. The van der Waals surface area contributed by atoms with E-state index in [4.69, 9.17) is 14.7 Å². The first kappa shape index (κ1) is 15.3. The lowest BCUT2D eigenvalue weighted by molar-refractivity contribution is 0.0728. The molecule has 0 radical (unpaired) electrons. The number of ether oxygens (including phenoxy) is 2. The maximum Gasteiger partial charge on any atom is 0.343 e. The van der Waals surface area contributed by atoms with Gasteiger partial charge in [-0.15, -0.1) is 0 Å². The van der Waals surface area contributed by atoms with Crippen LogP contribution in [-0.4, -0.2) is 13.1 Å². The Morgan fingerprint density at radius 2 is 2.05 bits per heavy atom. The minimum absolute atomic E-state index is 0.323. The van der Waals surface area contributed by atoms with E-state index in [-0.39, 0.29) is 0 Å². The number of aryl methyl sites for hydroxylation is 1. The van der Waals surface area contributed by atoms with Crippen molar-refractivity contribution in [1.82, 2.24) is 0 Å². The van der Waals surface area contributed by atoms with Crippen molar-refractivity contribution < 1.29 is 14.3 Å². The maximum absolute atomic E-state index is 12.2. The van der Waals surface area contributed by atoms with Crippen LogP contribution >= 0.6 is 22.6 Å². The van der Waals surface area contributed by atoms with E-state index >= 15 is 0 Å². The van der Waals surface area contributed by atoms with Crippen LogP contribution in [0.4, 0.5) is 0 Å². The monoisotopic (exact) mass is 393 g/mol. The van der Waals surface area contributed by atoms with Crippen LogP contribution < -0.4 is 9.47 Å². The van der Waals surface area contributed by atoms with Gasteiger partial charge in [-0.05, 0) is 47.7 Å². The molecule has 0 aliphatic heterocycles. The lowest BCUT2D eigenvalue weighted by atomic mass is 10.1. The molecule has 4 nitrogen and oxygen atoms in total. The SMILES string of the molecule is COc1cc(C#N)cc(I)c1OC(=O)c1cccc(C)c1. The minimum atomic E-state index is -0.459. The Kier molecular flexibility index (Phi) is 4.81. The summed E-state index contributed by atoms with van der Waals surface area (Å²) in [4.78, 5) is 12.2. The topological polar surface area (TPSA) is 59.3 Å². The molecule has 0 aromatic heterocycles. The highest BCUT2D eigenvalue weighted by atomic mass is 127. The molecule has 106 valence electrons. The molecular weight excluding hydrogens is 381 g/mol. The molecule has 0 bridgehead atoms. The average molecular weight is 393 g/mol. The molecule has 0 N–H and O–H groups in total. The zero-order valence-electron chi connectivity index (χ0n) is 11.5. The summed E-state index contributed by atoms with van der Waals surface area (Å²) >= 11 is 2.01. The highest BCUT2D eigenvalue weighted by molar-refractivity contribution is 14.1. The van der Waals surface area contributed by atoms with Crippen molar-refractivity contribution in [2.24, 2.45) is 0 Å². The van der Waals surface area contributed by atoms with Crippen LogP contribution in [-0.2, 0) is 0 Å². The van der Waals surface area contributed by atoms with Crippen LogP contribution in [0.25, 0.3) is 0 Å². The third kappa shape index (κ3) is 3.52. The predicted molar refractivity (Wildman–Crippen MR) is 86.6 cm³/mol. The molecule has 2 aromatic carbocycles. The Morgan fingerprint density at radius 3 is 2.67 bits per heavy atom. The summed E-state index contributed by atoms with van der Waals surface area (Å²) in [5.74, 6) is 0.225. The number of methoxy groups -OCH3 is 1. The minimum Gasteiger partial charge on any atom is -0.493 e. The lowest BCUT2D eigenvalue weighted by Gasteiger charge is -2.11. The number of esters is 1. The Morgan fingerprint density at radius 1 is 1.29 bits per heavy atom. The summed E-state index contributed by atoms with van der Waals surface area (Å²) in [6.07, 6.45) is 0. The number of carbonyl (C=O) groups is 1. The van der Waals surface area contributed by atoms with E-state index in [9.17, 15) is 4.79 Å². The maximum atomic E-state index is 12.2. The second kappa shape index (κ2) is 6.59. The number of benzene rings is 2. The van der Waals surface area contributed by atoms with Crippen LogP contribution in [0, 0.1) is 21.8 Å². The molecule has 0 saturated carbocycles. The van der Waals surface area contributed by atoms with Crippen molar-refractivity contribution >= 4 is 28.6 Å². The highest BCUT2D eigenvalue weighted by Crippen LogP contribution is 2.34. The average Bonchev–Trinajstić information content (AvgIpc) is 2.48. The number of halogens is 1. The van der Waals surface area contributed by atoms with Gasteiger partial charge in [-0.1, -0.05) is 17.7 Å². The van der Waals surface area contributed by atoms with E-state index in [1.807, 2.05) is 41.7 Å². The Labute approximate surface area is 136 Å². The first-order valence-electron chi connectivity index (χ1n) is 6.11. The van der Waals surface area contributed by atoms with Gasteiger partial charge in [-0.3, -0.25) is 0 Å². The van der Waals surface area contributed by atoms with Gasteiger partial charge in [-0.2, -0.15) is 5.26 Å². The van der Waals surface area contributed by atoms with Crippen LogP contribution in [0.5, 0.6) is 11.5 Å². The Bertz CT molecular complexity index is 735. The molecule has 21 heavy (non-hydrogen) atoms. The van der Waals surface area contributed by atoms with Crippen LogP contribution in [0.2, 0.25) is 0 Å². The third-order valence-corrected chi connectivity index (χ3v) is 3.61. The molecule has 2 aromatic rings. The molecule has 0 unspecified atom stereocenters. The summed E-state index contributed by atoms with van der Waals surface area (Å²) in [7, 11) is 1.47. The van der Waals surface area contributed by atoms with Crippen molar-refractivity contribution in [2.45, 2.75) is 6.92 Å². The number of nitriles is 1. The van der Waals surface area contributed by atoms with E-state index in [1.54, 1.807) is 30.3 Å². The number of rotatable bonds is 3. The molecule has 0 spiro atoms. The zero-order valence-corrected chi connectivity index (χ0v) is 13.7. The van der Waals surface area contributed by atoms with E-state index < -0.39 is 5.97 Å². The molecule has 0 saturated heterocycles. The second-order valence-corrected chi connectivity index (χ2v) is 5.52. The first-order valence-corrected chi connectivity index (χ1v) is 7.19. The summed E-state index contributed by atoms with van der Waals surface area (Å²) in [5, 5.41) is 8.95. The van der Waals surface area contributed by atoms with E-state index in [2.05, 4.69) is 0 Å². The lowest BCUT2D eigenvalue weighted by Crippen LogP contribution is -2.10. The fourth-order valence-electron chi connectivity index (χ4n) is 1.81. The first-order chi connectivity index (χ1) is 10.0. The summed E-state index contributed by atoms with van der Waals surface area (Å²) < 4.78 is 11.3. The van der Waals surface area contributed by atoms with Gasteiger partial charge in [0.15, 0.2) is 11.5 Å². The van der Waals surface area contributed by atoms with Gasteiger partial charge in [-0.25, -0.2) is 4.79 Å². The van der Waals surface area contributed by atoms with Crippen LogP contribution in [0.15, 0.2) is 36.4 Å². The van der Waals surface area contributed by atoms with Gasteiger partial charge < -0.3 is 9.47 Å². The summed E-state index contributed by atoms with van der Waals surface area (Å²) in [5.41, 5.74) is 1.90. The molecule has 2 rings (SSSR count). The number of hydrogen-bond acceptors (Lipinski definition) is 4. The predicted octanol–water partition coefficient (Wildman–Crippen LogP) is 3.70. The Hall–Kier alpha value is -2.07. The Balaban J connectivity index is 2.35. The van der Waals surface area contributed by atoms with Gasteiger partial charge in [0.1, 0.15) is 0 Å². The second-order valence-electron chi connectivity index (χ2n) is 4.36. The van der Waals surface area contributed by atoms with Crippen molar-refractivity contribution in [3.63, 3.8) is 0 Å². The fraction of sp³-hybridized carbons (Fsp3) is 0.125. The summed E-state index contributed by atoms with van der Waals surface area (Å²) in [6.45, 7) is 1.91. The van der Waals surface area contributed by atoms with E-state index in [0.717, 1.165) is 5.56 Å². The molecular formula is C16H12INO3.